The minimum Gasteiger partial charge on any atom is -0.480 e. The van der Waals surface area contributed by atoms with Gasteiger partial charge >= 0.3 is 5.97 Å². The number of fused-ring (bicyclic) bond motifs is 1. The van der Waals surface area contributed by atoms with E-state index in [9.17, 15) is 4.79 Å². The minimum absolute atomic E-state index is 0.352. The summed E-state index contributed by atoms with van der Waals surface area (Å²) in [4.78, 5) is 14.4. The van der Waals surface area contributed by atoms with Gasteiger partial charge in [0.05, 0.1) is 12.7 Å². The highest BCUT2D eigenvalue weighted by molar-refractivity contribution is 7.05. The number of carbonyl (C=O) groups is 1. The lowest BCUT2D eigenvalue weighted by molar-refractivity contribution is 0.0696. The predicted octanol–water partition coefficient (Wildman–Crippen LogP) is 2.37. The Balaban J connectivity index is 1.72. The van der Waals surface area contributed by atoms with Crippen molar-refractivity contribution in [3.05, 3.63) is 45.8 Å². The third-order valence-corrected chi connectivity index (χ3v) is 4.12. The molecule has 0 spiro atoms. The molecule has 1 aromatic heterocycles. The lowest BCUT2D eigenvalue weighted by atomic mass is 10.1. The molecule has 0 fully saturated rings. The van der Waals surface area contributed by atoms with Crippen molar-refractivity contribution < 1.29 is 14.6 Å². The van der Waals surface area contributed by atoms with E-state index in [1.54, 1.807) is 19.2 Å². The van der Waals surface area contributed by atoms with Gasteiger partial charge in [0.1, 0.15) is 0 Å². The topological polar surface area (TPSA) is 62.7 Å². The average molecular weight is 290 g/mol. The SMILES string of the molecule is COc1cc(CN2Cc3ccc(C(=O)O)cc3C2)sn1. The van der Waals surface area contributed by atoms with Gasteiger partial charge < -0.3 is 9.84 Å². The molecule has 1 N–H and O–H groups in total. The molecule has 2 heterocycles. The molecule has 0 saturated heterocycles. The van der Waals surface area contributed by atoms with Crippen LogP contribution in [0.4, 0.5) is 0 Å². The molecule has 20 heavy (non-hydrogen) atoms. The lowest BCUT2D eigenvalue weighted by Gasteiger charge is -2.12. The van der Waals surface area contributed by atoms with Crippen LogP contribution in [0, 0.1) is 0 Å². The zero-order valence-electron chi connectivity index (χ0n) is 11.0. The summed E-state index contributed by atoms with van der Waals surface area (Å²) in [6.45, 7) is 2.42. The molecule has 0 atom stereocenters. The molecule has 0 saturated carbocycles. The Kier molecular flexibility index (Phi) is 3.42. The van der Waals surface area contributed by atoms with Gasteiger partial charge in [0.15, 0.2) is 0 Å². The van der Waals surface area contributed by atoms with Gasteiger partial charge in [-0.2, -0.15) is 4.37 Å². The van der Waals surface area contributed by atoms with Crippen molar-refractivity contribution in [2.75, 3.05) is 7.11 Å². The summed E-state index contributed by atoms with van der Waals surface area (Å²) in [5, 5.41) is 9.01. The fourth-order valence-corrected chi connectivity index (χ4v) is 3.12. The Morgan fingerprint density at radius 1 is 1.40 bits per heavy atom. The molecule has 1 aromatic carbocycles. The van der Waals surface area contributed by atoms with Gasteiger partial charge in [-0.1, -0.05) is 6.07 Å². The summed E-state index contributed by atoms with van der Waals surface area (Å²) >= 11 is 1.44. The van der Waals surface area contributed by atoms with Crippen LogP contribution in [0.5, 0.6) is 5.88 Å². The monoisotopic (exact) mass is 290 g/mol. The molecule has 5 nitrogen and oxygen atoms in total. The second-order valence-electron chi connectivity index (χ2n) is 4.77. The van der Waals surface area contributed by atoms with Crippen LogP contribution in [0.2, 0.25) is 0 Å². The lowest BCUT2D eigenvalue weighted by Crippen LogP contribution is -2.14. The van der Waals surface area contributed by atoms with Crippen LogP contribution in [0.25, 0.3) is 0 Å². The van der Waals surface area contributed by atoms with Crippen molar-refractivity contribution in [3.8, 4) is 5.88 Å². The summed E-state index contributed by atoms with van der Waals surface area (Å²) in [5.41, 5.74) is 2.65. The maximum absolute atomic E-state index is 11.0. The minimum atomic E-state index is -0.876. The van der Waals surface area contributed by atoms with Gasteiger partial charge in [-0.25, -0.2) is 4.79 Å². The van der Waals surface area contributed by atoms with E-state index in [0.29, 0.717) is 11.4 Å². The van der Waals surface area contributed by atoms with Crippen LogP contribution < -0.4 is 4.74 Å². The van der Waals surface area contributed by atoms with Crippen LogP contribution in [-0.4, -0.2) is 27.5 Å². The third-order valence-electron chi connectivity index (χ3n) is 3.37. The van der Waals surface area contributed by atoms with Crippen LogP contribution in [0.15, 0.2) is 24.3 Å². The highest BCUT2D eigenvalue weighted by Gasteiger charge is 2.21. The number of carboxylic acid groups (broad SMARTS) is 1. The van der Waals surface area contributed by atoms with E-state index in [1.807, 2.05) is 12.1 Å². The number of nitrogens with zero attached hydrogens (tertiary/aromatic N) is 2. The van der Waals surface area contributed by atoms with Gasteiger partial charge in [-0.3, -0.25) is 4.90 Å². The number of carboxylic acids is 1. The van der Waals surface area contributed by atoms with E-state index in [4.69, 9.17) is 9.84 Å². The number of ether oxygens (including phenoxy) is 1. The highest BCUT2D eigenvalue weighted by Crippen LogP contribution is 2.27. The van der Waals surface area contributed by atoms with Gasteiger partial charge in [0.2, 0.25) is 5.88 Å². The predicted molar refractivity (Wildman–Crippen MR) is 75.0 cm³/mol. The molecule has 0 amide bonds. The molecular formula is C14H14N2O3S. The molecule has 1 aliphatic rings. The van der Waals surface area contributed by atoms with E-state index < -0.39 is 5.97 Å². The van der Waals surface area contributed by atoms with E-state index in [2.05, 4.69) is 9.27 Å². The van der Waals surface area contributed by atoms with E-state index in [1.165, 1.54) is 17.1 Å². The number of rotatable bonds is 4. The second-order valence-corrected chi connectivity index (χ2v) is 5.66. The standard InChI is InChI=1S/C14H14N2O3S/c1-19-13-5-12(20-15-13)8-16-6-10-3-2-9(14(17)18)4-11(10)7-16/h2-5H,6-8H2,1H3,(H,17,18). The molecule has 104 valence electrons. The Morgan fingerprint density at radius 3 is 2.90 bits per heavy atom. The summed E-state index contributed by atoms with van der Waals surface area (Å²) < 4.78 is 9.26. The van der Waals surface area contributed by atoms with Crippen molar-refractivity contribution in [3.63, 3.8) is 0 Å². The zero-order valence-corrected chi connectivity index (χ0v) is 11.8. The van der Waals surface area contributed by atoms with Crippen molar-refractivity contribution in [2.24, 2.45) is 0 Å². The molecule has 0 bridgehead atoms. The van der Waals surface area contributed by atoms with E-state index >= 15 is 0 Å². The third kappa shape index (κ3) is 2.52. The van der Waals surface area contributed by atoms with Crippen molar-refractivity contribution >= 4 is 17.5 Å². The van der Waals surface area contributed by atoms with E-state index in [-0.39, 0.29) is 0 Å². The van der Waals surface area contributed by atoms with Crippen LogP contribution in [-0.2, 0) is 19.6 Å². The molecule has 3 rings (SSSR count). The fraction of sp³-hybridized carbons (Fsp3) is 0.286. The summed E-state index contributed by atoms with van der Waals surface area (Å²) in [5.74, 6) is -0.228. The Bertz CT molecular complexity index is 654. The Labute approximate surface area is 120 Å². The Morgan fingerprint density at radius 2 is 2.20 bits per heavy atom. The van der Waals surface area contributed by atoms with Crippen LogP contribution in [0.1, 0.15) is 26.4 Å². The van der Waals surface area contributed by atoms with Gasteiger partial charge in [0.25, 0.3) is 0 Å². The maximum atomic E-state index is 11.0. The number of benzene rings is 1. The van der Waals surface area contributed by atoms with Gasteiger partial charge in [-0.15, -0.1) is 0 Å². The summed E-state index contributed by atoms with van der Waals surface area (Å²) in [6, 6.07) is 7.29. The average Bonchev–Trinajstić information content (AvgIpc) is 3.03. The molecule has 1 aliphatic heterocycles. The molecule has 2 aromatic rings. The number of hydrogen-bond acceptors (Lipinski definition) is 5. The highest BCUT2D eigenvalue weighted by atomic mass is 32.1. The number of methoxy groups -OCH3 is 1. The van der Waals surface area contributed by atoms with E-state index in [0.717, 1.165) is 30.1 Å². The largest absolute Gasteiger partial charge is 0.480 e. The van der Waals surface area contributed by atoms with Gasteiger partial charge in [0, 0.05) is 30.6 Å². The molecule has 0 unspecified atom stereocenters. The van der Waals surface area contributed by atoms with Gasteiger partial charge in [-0.05, 0) is 34.8 Å². The second kappa shape index (κ2) is 5.22. The molecule has 0 radical (unpaired) electrons. The van der Waals surface area contributed by atoms with Crippen LogP contribution in [0.3, 0.4) is 0 Å². The van der Waals surface area contributed by atoms with Crippen molar-refractivity contribution in [1.82, 2.24) is 9.27 Å². The smallest absolute Gasteiger partial charge is 0.335 e. The number of aromatic carboxylic acids is 1. The Hall–Kier alpha value is -1.92. The van der Waals surface area contributed by atoms with Crippen molar-refractivity contribution in [2.45, 2.75) is 19.6 Å². The first-order chi connectivity index (χ1) is 9.65. The number of aromatic nitrogens is 1. The first-order valence-corrected chi connectivity index (χ1v) is 7.00. The fourth-order valence-electron chi connectivity index (χ4n) is 2.40. The zero-order chi connectivity index (χ0) is 14.1. The molecule has 0 aliphatic carbocycles. The quantitative estimate of drug-likeness (QED) is 0.936. The molecule has 6 heteroatoms. The van der Waals surface area contributed by atoms with Crippen LogP contribution >= 0.6 is 11.5 Å². The normalized spacial score (nSPS) is 14.2. The maximum Gasteiger partial charge on any atom is 0.335 e. The molecular weight excluding hydrogens is 276 g/mol. The number of hydrogen-bond donors (Lipinski definition) is 1. The summed E-state index contributed by atoms with van der Waals surface area (Å²) in [6.07, 6.45) is 0. The first-order valence-electron chi connectivity index (χ1n) is 6.23. The van der Waals surface area contributed by atoms with Crippen molar-refractivity contribution in [1.29, 1.82) is 0 Å². The summed E-state index contributed by atoms with van der Waals surface area (Å²) in [7, 11) is 1.61. The first kappa shape index (κ1) is 13.1.